The van der Waals surface area contributed by atoms with E-state index >= 15 is 0 Å². The predicted octanol–water partition coefficient (Wildman–Crippen LogP) is 1.24. The van der Waals surface area contributed by atoms with Crippen molar-refractivity contribution in [1.29, 1.82) is 0 Å². The van der Waals surface area contributed by atoms with Crippen molar-refractivity contribution in [3.63, 3.8) is 0 Å². The second-order valence-electron chi connectivity index (χ2n) is 3.99. The molecule has 1 aromatic rings. The first-order valence-electron chi connectivity index (χ1n) is 5.55. The van der Waals surface area contributed by atoms with E-state index in [4.69, 9.17) is 0 Å². The third-order valence-corrected chi connectivity index (χ3v) is 3.58. The fourth-order valence-corrected chi connectivity index (χ4v) is 2.56. The molecule has 1 saturated heterocycles. The number of hydrogen-bond acceptors (Lipinski definition) is 5. The highest BCUT2D eigenvalue weighted by Crippen LogP contribution is 2.18. The van der Waals surface area contributed by atoms with Crippen LogP contribution in [0.5, 0.6) is 0 Å². The second kappa shape index (κ2) is 4.90. The summed E-state index contributed by atoms with van der Waals surface area (Å²) in [6, 6.07) is 0. The molecule has 0 saturated carbocycles. The van der Waals surface area contributed by atoms with Crippen LogP contribution in [0.1, 0.15) is 19.2 Å². The summed E-state index contributed by atoms with van der Waals surface area (Å²) < 4.78 is 4.33. The highest BCUT2D eigenvalue weighted by molar-refractivity contribution is 7.09. The molecule has 2 rings (SSSR count). The van der Waals surface area contributed by atoms with Crippen molar-refractivity contribution in [2.45, 2.75) is 19.8 Å². The SMILES string of the molecule is CCc1nsc(N2CCCN(C)CC2)n1. The minimum absolute atomic E-state index is 0.935. The molecule has 0 unspecified atom stereocenters. The Hall–Kier alpha value is -0.680. The summed E-state index contributed by atoms with van der Waals surface area (Å²) in [6.45, 7) is 6.61. The molecule has 1 aliphatic heterocycles. The Morgan fingerprint density at radius 3 is 2.87 bits per heavy atom. The van der Waals surface area contributed by atoms with Crippen molar-refractivity contribution in [2.24, 2.45) is 0 Å². The van der Waals surface area contributed by atoms with E-state index in [1.54, 1.807) is 0 Å². The van der Waals surface area contributed by atoms with Gasteiger partial charge in [0.2, 0.25) is 5.13 Å². The van der Waals surface area contributed by atoms with E-state index in [1.807, 2.05) is 0 Å². The van der Waals surface area contributed by atoms with Crippen molar-refractivity contribution in [1.82, 2.24) is 14.3 Å². The van der Waals surface area contributed by atoms with Gasteiger partial charge in [-0.15, -0.1) is 0 Å². The molecule has 1 fully saturated rings. The van der Waals surface area contributed by atoms with Gasteiger partial charge in [-0.05, 0) is 20.0 Å². The molecule has 0 aliphatic carbocycles. The first kappa shape index (κ1) is 10.8. The summed E-state index contributed by atoms with van der Waals surface area (Å²) >= 11 is 1.54. The lowest BCUT2D eigenvalue weighted by molar-refractivity contribution is 0.360. The topological polar surface area (TPSA) is 32.3 Å². The average Bonchev–Trinajstić information content (AvgIpc) is 2.62. The fourth-order valence-electron chi connectivity index (χ4n) is 1.75. The molecule has 84 valence electrons. The molecule has 0 N–H and O–H groups in total. The maximum atomic E-state index is 4.53. The van der Waals surface area contributed by atoms with Gasteiger partial charge >= 0.3 is 0 Å². The standard InChI is InChI=1S/C10H18N4S/c1-3-9-11-10(15-12-9)14-6-4-5-13(2)7-8-14/h3-8H2,1-2H3. The first-order valence-corrected chi connectivity index (χ1v) is 6.33. The average molecular weight is 226 g/mol. The van der Waals surface area contributed by atoms with E-state index in [0.29, 0.717) is 0 Å². The molecule has 0 radical (unpaired) electrons. The zero-order valence-corrected chi connectivity index (χ0v) is 10.3. The summed E-state index contributed by atoms with van der Waals surface area (Å²) in [5, 5.41) is 1.10. The Morgan fingerprint density at radius 1 is 1.27 bits per heavy atom. The van der Waals surface area contributed by atoms with E-state index in [9.17, 15) is 0 Å². The first-order chi connectivity index (χ1) is 7.29. The van der Waals surface area contributed by atoms with Crippen LogP contribution >= 0.6 is 11.5 Å². The van der Waals surface area contributed by atoms with Crippen LogP contribution in [0.2, 0.25) is 0 Å². The minimum Gasteiger partial charge on any atom is -0.346 e. The molecule has 15 heavy (non-hydrogen) atoms. The van der Waals surface area contributed by atoms with Crippen LogP contribution < -0.4 is 4.90 Å². The molecule has 1 aliphatic rings. The van der Waals surface area contributed by atoms with Crippen LogP contribution in [-0.4, -0.2) is 47.5 Å². The van der Waals surface area contributed by atoms with Gasteiger partial charge in [-0.1, -0.05) is 6.92 Å². The van der Waals surface area contributed by atoms with Crippen molar-refractivity contribution >= 4 is 16.7 Å². The Labute approximate surface area is 95.1 Å². The molecule has 4 nitrogen and oxygen atoms in total. The Bertz CT molecular complexity index is 312. The summed E-state index contributed by atoms with van der Waals surface area (Å²) in [7, 11) is 2.18. The highest BCUT2D eigenvalue weighted by Gasteiger charge is 2.15. The molecule has 2 heterocycles. The van der Waals surface area contributed by atoms with Gasteiger partial charge in [0.25, 0.3) is 0 Å². The van der Waals surface area contributed by atoms with E-state index in [-0.39, 0.29) is 0 Å². The van der Waals surface area contributed by atoms with Crippen LogP contribution in [0.15, 0.2) is 0 Å². The van der Waals surface area contributed by atoms with Gasteiger partial charge in [-0.25, -0.2) is 4.98 Å². The summed E-state index contributed by atoms with van der Waals surface area (Å²) in [6.07, 6.45) is 2.15. The number of aromatic nitrogens is 2. The van der Waals surface area contributed by atoms with Gasteiger partial charge in [0, 0.05) is 37.6 Å². The third kappa shape index (κ3) is 2.66. The normalized spacial score (nSPS) is 19.2. The third-order valence-electron chi connectivity index (χ3n) is 2.76. The number of nitrogens with zero attached hydrogens (tertiary/aromatic N) is 4. The zero-order chi connectivity index (χ0) is 10.7. The molecule has 0 bridgehead atoms. The lowest BCUT2D eigenvalue weighted by atomic mass is 10.4. The number of hydrogen-bond donors (Lipinski definition) is 0. The Morgan fingerprint density at radius 2 is 2.13 bits per heavy atom. The van der Waals surface area contributed by atoms with Gasteiger partial charge in [-0.3, -0.25) is 0 Å². The monoisotopic (exact) mass is 226 g/mol. The number of rotatable bonds is 2. The molecular formula is C10H18N4S. The maximum Gasteiger partial charge on any atom is 0.205 e. The fraction of sp³-hybridized carbons (Fsp3) is 0.800. The predicted molar refractivity (Wildman–Crippen MR) is 63.6 cm³/mol. The quantitative estimate of drug-likeness (QED) is 0.759. The minimum atomic E-state index is 0.935. The van der Waals surface area contributed by atoms with Crippen LogP contribution in [-0.2, 0) is 6.42 Å². The van der Waals surface area contributed by atoms with Gasteiger partial charge in [0.1, 0.15) is 5.82 Å². The second-order valence-corrected chi connectivity index (χ2v) is 4.72. The molecular weight excluding hydrogens is 208 g/mol. The smallest absolute Gasteiger partial charge is 0.205 e. The van der Waals surface area contributed by atoms with Gasteiger partial charge in [-0.2, -0.15) is 4.37 Å². The van der Waals surface area contributed by atoms with Crippen LogP contribution in [0, 0.1) is 0 Å². The van der Waals surface area contributed by atoms with Gasteiger partial charge in [0.15, 0.2) is 0 Å². The van der Waals surface area contributed by atoms with E-state index < -0.39 is 0 Å². The maximum absolute atomic E-state index is 4.53. The highest BCUT2D eigenvalue weighted by atomic mass is 32.1. The molecule has 5 heteroatoms. The van der Waals surface area contributed by atoms with Gasteiger partial charge < -0.3 is 9.80 Å². The number of anilines is 1. The molecule has 0 atom stereocenters. The number of aryl methyl sites for hydroxylation is 1. The summed E-state index contributed by atoms with van der Waals surface area (Å²) in [4.78, 5) is 9.27. The van der Waals surface area contributed by atoms with Crippen molar-refractivity contribution in [2.75, 3.05) is 38.1 Å². The van der Waals surface area contributed by atoms with Crippen molar-refractivity contribution in [3.05, 3.63) is 5.82 Å². The number of likely N-dealkylation sites (N-methyl/N-ethyl adjacent to an activating group) is 1. The van der Waals surface area contributed by atoms with Crippen LogP contribution in [0.3, 0.4) is 0 Å². The van der Waals surface area contributed by atoms with E-state index in [2.05, 4.69) is 33.1 Å². The molecule has 1 aromatic heterocycles. The largest absolute Gasteiger partial charge is 0.346 e. The van der Waals surface area contributed by atoms with Crippen LogP contribution in [0.4, 0.5) is 5.13 Å². The molecule has 0 spiro atoms. The summed E-state index contributed by atoms with van der Waals surface area (Å²) in [5.74, 6) is 0.979. The van der Waals surface area contributed by atoms with E-state index in [1.165, 1.54) is 24.5 Å². The van der Waals surface area contributed by atoms with Crippen molar-refractivity contribution in [3.8, 4) is 0 Å². The van der Waals surface area contributed by atoms with Crippen molar-refractivity contribution < 1.29 is 0 Å². The molecule has 0 aromatic carbocycles. The van der Waals surface area contributed by atoms with Crippen LogP contribution in [0.25, 0.3) is 0 Å². The lowest BCUT2D eigenvalue weighted by Crippen LogP contribution is -2.28. The Kier molecular flexibility index (Phi) is 3.53. The molecule has 0 amide bonds. The lowest BCUT2D eigenvalue weighted by Gasteiger charge is -2.18. The van der Waals surface area contributed by atoms with Gasteiger partial charge in [0.05, 0.1) is 0 Å². The zero-order valence-electron chi connectivity index (χ0n) is 9.44. The Balaban J connectivity index is 2.03. The van der Waals surface area contributed by atoms with E-state index in [0.717, 1.165) is 37.0 Å². The summed E-state index contributed by atoms with van der Waals surface area (Å²) in [5.41, 5.74) is 0.